The van der Waals surface area contributed by atoms with Gasteiger partial charge in [-0.05, 0) is 56.9 Å². The van der Waals surface area contributed by atoms with Crippen molar-refractivity contribution in [3.8, 4) is 0 Å². The van der Waals surface area contributed by atoms with E-state index in [1.165, 1.54) is 0 Å². The number of esters is 1. The number of hydrogen-bond donors (Lipinski definition) is 3. The molecule has 10 heteroatoms. The summed E-state index contributed by atoms with van der Waals surface area (Å²) in [7, 11) is 0. The van der Waals surface area contributed by atoms with Gasteiger partial charge in [0, 0.05) is 19.4 Å². The molecule has 0 spiro atoms. The van der Waals surface area contributed by atoms with Crippen LogP contribution >= 0.6 is 0 Å². The second kappa shape index (κ2) is 11.1. The van der Waals surface area contributed by atoms with E-state index in [0.717, 1.165) is 37.9 Å². The maximum Gasteiger partial charge on any atom is 0.407 e. The zero-order valence-corrected chi connectivity index (χ0v) is 17.0. The topological polar surface area (TPSA) is 131 Å². The minimum absolute atomic E-state index is 0.127. The Morgan fingerprint density at radius 3 is 2.90 bits per heavy atom. The van der Waals surface area contributed by atoms with Crippen molar-refractivity contribution in [1.82, 2.24) is 31.3 Å². The predicted octanol–water partition coefficient (Wildman–Crippen LogP) is 1.21. The highest BCUT2D eigenvalue weighted by molar-refractivity contribution is 5.76. The van der Waals surface area contributed by atoms with Crippen molar-refractivity contribution in [2.75, 3.05) is 26.3 Å². The summed E-state index contributed by atoms with van der Waals surface area (Å²) in [6.45, 7) is 3.27. The van der Waals surface area contributed by atoms with Gasteiger partial charge in [0.2, 0.25) is 0 Å². The molecular weight excluding hydrogens is 376 g/mol. The quantitative estimate of drug-likeness (QED) is 0.410. The molecule has 4 atom stereocenters. The van der Waals surface area contributed by atoms with E-state index in [0.29, 0.717) is 43.7 Å². The number of nitrogens with one attached hydrogen (secondary N) is 3. The molecule has 2 fully saturated rings. The Kier molecular flexibility index (Phi) is 7.67. The highest BCUT2D eigenvalue weighted by Gasteiger charge is 2.38. The molecule has 1 aromatic heterocycles. The molecule has 1 saturated heterocycles. The van der Waals surface area contributed by atoms with E-state index < -0.39 is 18.1 Å². The molecule has 1 aromatic rings. The van der Waals surface area contributed by atoms with Crippen LogP contribution in [0.2, 0.25) is 0 Å². The molecule has 2 heterocycles. The number of fused-ring (bicyclic) bond motifs is 1. The van der Waals surface area contributed by atoms with Crippen LogP contribution in [0, 0.1) is 17.8 Å². The zero-order chi connectivity index (χ0) is 21.4. The standard InChI is InChI=1S/C19H32N6O4/c1-2-20-19(27)29-9-3-8-28-18(26)16-11-15-10-13(4-6-14(15)12-21-16)5-7-17-22-24-25-23-17/h13-16,21H,2-12H2,1H3,(H,20,27)(H,22,23,24,25)/t13-,14+,15-,16+/m1/s1/i16D. The molecule has 162 valence electrons. The van der Waals surface area contributed by atoms with Crippen molar-refractivity contribution < 1.29 is 20.4 Å². The summed E-state index contributed by atoms with van der Waals surface area (Å²) in [4.78, 5) is 23.8. The number of alkyl carbamates (subject to hydrolysis) is 1. The van der Waals surface area contributed by atoms with Crippen LogP contribution in [0.15, 0.2) is 0 Å². The van der Waals surface area contributed by atoms with E-state index in [-0.39, 0.29) is 13.2 Å². The van der Waals surface area contributed by atoms with E-state index in [1.807, 2.05) is 0 Å². The largest absolute Gasteiger partial charge is 0.464 e. The van der Waals surface area contributed by atoms with Crippen molar-refractivity contribution in [3.05, 3.63) is 5.82 Å². The lowest BCUT2D eigenvalue weighted by molar-refractivity contribution is -0.148. The van der Waals surface area contributed by atoms with Crippen molar-refractivity contribution >= 4 is 12.1 Å². The normalized spacial score (nSPS) is 29.4. The van der Waals surface area contributed by atoms with Crippen LogP contribution in [0.25, 0.3) is 0 Å². The fourth-order valence-electron chi connectivity index (χ4n) is 4.24. The minimum Gasteiger partial charge on any atom is -0.464 e. The average Bonchev–Trinajstić information content (AvgIpc) is 3.25. The third kappa shape index (κ3) is 6.66. The maximum atomic E-state index is 12.5. The van der Waals surface area contributed by atoms with Crippen LogP contribution in [0.5, 0.6) is 0 Å². The number of piperidine rings is 1. The molecule has 0 bridgehead atoms. The Balaban J connectivity index is 1.40. The molecule has 3 N–H and O–H groups in total. The molecule has 10 nitrogen and oxygen atoms in total. The second-order valence-electron chi connectivity index (χ2n) is 7.79. The first-order valence-corrected chi connectivity index (χ1v) is 10.6. The Labute approximate surface area is 172 Å². The molecule has 0 aromatic carbocycles. The lowest BCUT2D eigenvalue weighted by Crippen LogP contribution is -2.50. The number of carbonyl (C=O) groups excluding carboxylic acids is 2. The highest BCUT2D eigenvalue weighted by atomic mass is 16.6. The van der Waals surface area contributed by atoms with Gasteiger partial charge in [0.05, 0.1) is 14.6 Å². The van der Waals surface area contributed by atoms with Crippen LogP contribution in [0.4, 0.5) is 4.79 Å². The number of tetrazole rings is 1. The van der Waals surface area contributed by atoms with Gasteiger partial charge in [0.25, 0.3) is 0 Å². The first-order chi connectivity index (χ1) is 14.5. The zero-order valence-electron chi connectivity index (χ0n) is 18.0. The summed E-state index contributed by atoms with van der Waals surface area (Å²) in [6, 6.07) is -1.41. The van der Waals surface area contributed by atoms with E-state index in [2.05, 4.69) is 31.3 Å². The molecule has 0 radical (unpaired) electrons. The summed E-state index contributed by atoms with van der Waals surface area (Å²) in [6.07, 6.45) is 5.46. The number of aryl methyl sites for hydroxylation is 1. The number of ether oxygens (including phenoxy) is 2. The number of hydrogen-bond acceptors (Lipinski definition) is 8. The van der Waals surface area contributed by atoms with E-state index in [1.54, 1.807) is 6.92 Å². The fourth-order valence-corrected chi connectivity index (χ4v) is 4.24. The number of H-pyrrole nitrogens is 1. The third-order valence-corrected chi connectivity index (χ3v) is 5.78. The molecule has 1 amide bonds. The van der Waals surface area contributed by atoms with Crippen LogP contribution in [0.3, 0.4) is 0 Å². The number of nitrogens with zero attached hydrogens (tertiary/aromatic N) is 3. The Hall–Kier alpha value is -2.23. The molecule has 2 aliphatic rings. The summed E-state index contributed by atoms with van der Waals surface area (Å²) >= 11 is 0. The smallest absolute Gasteiger partial charge is 0.407 e. The van der Waals surface area contributed by atoms with Crippen LogP contribution in [0.1, 0.15) is 52.6 Å². The number of aromatic amines is 1. The summed E-state index contributed by atoms with van der Waals surface area (Å²) < 4.78 is 18.9. The Morgan fingerprint density at radius 2 is 2.10 bits per heavy atom. The van der Waals surface area contributed by atoms with Crippen LogP contribution in [-0.4, -0.2) is 65.0 Å². The summed E-state index contributed by atoms with van der Waals surface area (Å²) in [5.41, 5.74) is 0. The fraction of sp³-hybridized carbons (Fsp3) is 0.842. The predicted molar refractivity (Wildman–Crippen MR) is 104 cm³/mol. The Bertz CT molecular complexity index is 691. The van der Waals surface area contributed by atoms with Gasteiger partial charge >= 0.3 is 12.1 Å². The number of aromatic nitrogens is 4. The van der Waals surface area contributed by atoms with Crippen LogP contribution < -0.4 is 10.6 Å². The molecule has 1 aliphatic carbocycles. The van der Waals surface area contributed by atoms with Gasteiger partial charge in [0.15, 0.2) is 5.82 Å². The molecule has 1 aliphatic heterocycles. The van der Waals surface area contributed by atoms with E-state index in [4.69, 9.17) is 10.8 Å². The Morgan fingerprint density at radius 1 is 1.24 bits per heavy atom. The van der Waals surface area contributed by atoms with Gasteiger partial charge < -0.3 is 20.1 Å². The molecule has 3 rings (SSSR count). The van der Waals surface area contributed by atoms with Crippen molar-refractivity contribution in [3.63, 3.8) is 0 Å². The van der Waals surface area contributed by atoms with Gasteiger partial charge in [0.1, 0.15) is 6.02 Å². The van der Waals surface area contributed by atoms with Crippen molar-refractivity contribution in [2.45, 2.75) is 57.9 Å². The lowest BCUT2D eigenvalue weighted by Gasteiger charge is -2.42. The first kappa shape index (κ1) is 20.1. The summed E-state index contributed by atoms with van der Waals surface area (Å²) in [5.74, 6) is 1.57. The van der Waals surface area contributed by atoms with E-state index in [9.17, 15) is 9.59 Å². The minimum atomic E-state index is -1.41. The van der Waals surface area contributed by atoms with Gasteiger partial charge in [-0.15, -0.1) is 10.2 Å². The molecule has 29 heavy (non-hydrogen) atoms. The number of amides is 1. The summed E-state index contributed by atoms with van der Waals surface area (Å²) in [5, 5.41) is 19.7. The van der Waals surface area contributed by atoms with Crippen molar-refractivity contribution in [1.29, 1.82) is 0 Å². The number of carbonyl (C=O) groups is 2. The monoisotopic (exact) mass is 409 g/mol. The van der Waals surface area contributed by atoms with Gasteiger partial charge in [-0.3, -0.25) is 4.79 Å². The lowest BCUT2D eigenvalue weighted by atomic mass is 9.69. The maximum absolute atomic E-state index is 12.5. The molecular formula is C19H32N6O4. The SMILES string of the molecule is [2H][C@@]1(C(=O)OCCCOC(=O)NCC)C[C@H]2C[C@@H](CCc3nn[nH]n3)CC[C@H]2CN1. The number of rotatable bonds is 9. The van der Waals surface area contributed by atoms with Gasteiger partial charge in [-0.2, -0.15) is 5.21 Å². The average molecular weight is 410 g/mol. The van der Waals surface area contributed by atoms with Gasteiger partial charge in [-0.1, -0.05) is 11.6 Å². The second-order valence-corrected chi connectivity index (χ2v) is 7.79. The highest BCUT2D eigenvalue weighted by Crippen LogP contribution is 2.40. The van der Waals surface area contributed by atoms with Gasteiger partial charge in [-0.25, -0.2) is 4.79 Å². The van der Waals surface area contributed by atoms with Crippen LogP contribution in [-0.2, 0) is 20.7 Å². The molecule has 0 unspecified atom stereocenters. The third-order valence-electron chi connectivity index (χ3n) is 5.78. The first-order valence-electron chi connectivity index (χ1n) is 11.1. The molecule has 1 saturated carbocycles. The van der Waals surface area contributed by atoms with E-state index >= 15 is 0 Å². The van der Waals surface area contributed by atoms with Crippen molar-refractivity contribution in [2.24, 2.45) is 17.8 Å².